The molecule has 0 spiro atoms. The summed E-state index contributed by atoms with van der Waals surface area (Å²) >= 11 is 13.8. The Morgan fingerprint density at radius 1 is 0.941 bits per heavy atom. The number of carbonyl (C=O) groups is 2. The van der Waals surface area contributed by atoms with Crippen molar-refractivity contribution in [3.63, 3.8) is 0 Å². The number of rotatable bonds is 11. The van der Waals surface area contributed by atoms with Crippen LogP contribution in [0.2, 0.25) is 10.0 Å². The summed E-state index contributed by atoms with van der Waals surface area (Å²) in [7, 11) is 0. The van der Waals surface area contributed by atoms with Gasteiger partial charge in [0.1, 0.15) is 6.04 Å². The molecule has 0 aliphatic carbocycles. The molecular weight excluding hydrogens is 487 g/mol. The van der Waals surface area contributed by atoms with E-state index in [9.17, 15) is 9.59 Å². The lowest BCUT2D eigenvalue weighted by atomic mass is 10.0. The maximum atomic E-state index is 13.6. The van der Waals surface area contributed by atoms with E-state index in [0.717, 1.165) is 22.4 Å². The Morgan fingerprint density at radius 3 is 2.29 bits per heavy atom. The fraction of sp³-hybridized carbons (Fsp3) is 0.259. The summed E-state index contributed by atoms with van der Waals surface area (Å²) in [6.45, 7) is 2.80. The van der Waals surface area contributed by atoms with Crippen LogP contribution in [0.4, 0.5) is 0 Å². The molecule has 3 rings (SSSR count). The van der Waals surface area contributed by atoms with Gasteiger partial charge in [-0.3, -0.25) is 9.59 Å². The van der Waals surface area contributed by atoms with E-state index in [1.54, 1.807) is 23.1 Å². The predicted octanol–water partition coefficient (Wildman–Crippen LogP) is 6.25. The van der Waals surface area contributed by atoms with E-state index in [-0.39, 0.29) is 24.1 Å². The van der Waals surface area contributed by atoms with Crippen molar-refractivity contribution in [3.8, 4) is 0 Å². The Bertz CT molecular complexity index is 1080. The maximum Gasteiger partial charge on any atom is 0.243 e. The Kier molecular flexibility index (Phi) is 10.3. The van der Waals surface area contributed by atoms with E-state index in [0.29, 0.717) is 23.0 Å². The molecule has 0 saturated heterocycles. The summed E-state index contributed by atoms with van der Waals surface area (Å²) in [5.74, 6) is -0.103. The van der Waals surface area contributed by atoms with Crippen molar-refractivity contribution in [3.05, 3.63) is 100 Å². The van der Waals surface area contributed by atoms with Crippen LogP contribution in [0.5, 0.6) is 0 Å². The molecular formula is C27H28Cl2N2O2S. The molecule has 3 aromatic carbocycles. The third-order valence-corrected chi connectivity index (χ3v) is 6.91. The van der Waals surface area contributed by atoms with Crippen LogP contribution in [0, 0.1) is 0 Å². The average molecular weight is 516 g/mol. The first-order chi connectivity index (χ1) is 16.5. The molecule has 1 N–H and O–H groups in total. The molecule has 0 heterocycles. The Balaban J connectivity index is 1.89. The van der Waals surface area contributed by atoms with Crippen molar-refractivity contribution < 1.29 is 9.59 Å². The predicted molar refractivity (Wildman–Crippen MR) is 141 cm³/mol. The molecule has 2 amide bonds. The van der Waals surface area contributed by atoms with Gasteiger partial charge in [0.05, 0.1) is 5.75 Å². The summed E-state index contributed by atoms with van der Waals surface area (Å²) in [5.41, 5.74) is 1.79. The van der Waals surface area contributed by atoms with Gasteiger partial charge in [0.25, 0.3) is 0 Å². The van der Waals surface area contributed by atoms with Gasteiger partial charge in [-0.25, -0.2) is 0 Å². The van der Waals surface area contributed by atoms with E-state index in [1.165, 1.54) is 11.8 Å². The van der Waals surface area contributed by atoms with Crippen molar-refractivity contribution in [2.75, 3.05) is 12.3 Å². The van der Waals surface area contributed by atoms with E-state index >= 15 is 0 Å². The minimum Gasteiger partial charge on any atom is -0.354 e. The van der Waals surface area contributed by atoms with Crippen LogP contribution in [0.1, 0.15) is 24.5 Å². The maximum absolute atomic E-state index is 13.6. The molecule has 0 saturated carbocycles. The summed E-state index contributed by atoms with van der Waals surface area (Å²) in [4.78, 5) is 29.4. The van der Waals surface area contributed by atoms with Gasteiger partial charge in [0.15, 0.2) is 0 Å². The van der Waals surface area contributed by atoms with Crippen LogP contribution in [0.3, 0.4) is 0 Å². The fourth-order valence-corrected chi connectivity index (χ4v) is 4.59. The van der Waals surface area contributed by atoms with Crippen LogP contribution < -0.4 is 5.32 Å². The van der Waals surface area contributed by atoms with Crippen LogP contribution >= 0.6 is 35.0 Å². The molecule has 34 heavy (non-hydrogen) atoms. The van der Waals surface area contributed by atoms with Gasteiger partial charge in [-0.15, -0.1) is 11.8 Å². The molecule has 0 radical (unpaired) electrons. The van der Waals surface area contributed by atoms with Gasteiger partial charge in [-0.1, -0.05) is 78.7 Å². The molecule has 1 atom stereocenters. The van der Waals surface area contributed by atoms with Gasteiger partial charge >= 0.3 is 0 Å². The van der Waals surface area contributed by atoms with Crippen molar-refractivity contribution >= 4 is 46.8 Å². The van der Waals surface area contributed by atoms with Crippen molar-refractivity contribution in [2.45, 2.75) is 37.2 Å². The second-order valence-electron chi connectivity index (χ2n) is 7.85. The quantitative estimate of drug-likeness (QED) is 0.307. The molecule has 178 valence electrons. The Labute approximate surface area is 215 Å². The van der Waals surface area contributed by atoms with E-state index < -0.39 is 6.04 Å². The van der Waals surface area contributed by atoms with Crippen LogP contribution in [-0.2, 0) is 22.6 Å². The number of amides is 2. The van der Waals surface area contributed by atoms with E-state index in [4.69, 9.17) is 23.2 Å². The third kappa shape index (κ3) is 7.79. The average Bonchev–Trinajstić information content (AvgIpc) is 2.85. The zero-order valence-electron chi connectivity index (χ0n) is 19.0. The molecule has 3 aromatic rings. The molecule has 0 unspecified atom stereocenters. The van der Waals surface area contributed by atoms with Gasteiger partial charge < -0.3 is 10.2 Å². The second kappa shape index (κ2) is 13.4. The van der Waals surface area contributed by atoms with E-state index in [1.807, 2.05) is 67.6 Å². The molecule has 0 aliphatic rings. The summed E-state index contributed by atoms with van der Waals surface area (Å²) in [5, 5.41) is 4.19. The fourth-order valence-electron chi connectivity index (χ4n) is 3.49. The number of nitrogens with one attached hydrogen (secondary N) is 1. The molecule has 0 bridgehead atoms. The summed E-state index contributed by atoms with van der Waals surface area (Å²) < 4.78 is 0. The third-order valence-electron chi connectivity index (χ3n) is 5.29. The second-order valence-corrected chi connectivity index (χ2v) is 9.74. The van der Waals surface area contributed by atoms with Gasteiger partial charge in [-0.2, -0.15) is 0 Å². The molecule has 4 nitrogen and oxygen atoms in total. The monoisotopic (exact) mass is 514 g/mol. The number of thioether (sulfide) groups is 1. The largest absolute Gasteiger partial charge is 0.354 e. The molecule has 0 fully saturated rings. The number of hydrogen-bond acceptors (Lipinski definition) is 3. The van der Waals surface area contributed by atoms with Crippen LogP contribution in [0.15, 0.2) is 83.8 Å². The Morgan fingerprint density at radius 2 is 1.62 bits per heavy atom. The van der Waals surface area contributed by atoms with Crippen molar-refractivity contribution in [2.24, 2.45) is 0 Å². The lowest BCUT2D eigenvalue weighted by Gasteiger charge is -2.31. The van der Waals surface area contributed by atoms with Crippen molar-refractivity contribution in [1.29, 1.82) is 0 Å². The first kappa shape index (κ1) is 26.1. The highest BCUT2D eigenvalue weighted by Gasteiger charge is 2.30. The van der Waals surface area contributed by atoms with Crippen molar-refractivity contribution in [1.82, 2.24) is 10.2 Å². The minimum atomic E-state index is -0.663. The summed E-state index contributed by atoms with van der Waals surface area (Å²) in [6.07, 6.45) is 1.23. The van der Waals surface area contributed by atoms with Gasteiger partial charge in [0.2, 0.25) is 11.8 Å². The highest BCUT2D eigenvalue weighted by Crippen LogP contribution is 2.24. The smallest absolute Gasteiger partial charge is 0.243 e. The van der Waals surface area contributed by atoms with Crippen LogP contribution in [0.25, 0.3) is 0 Å². The lowest BCUT2D eigenvalue weighted by Crippen LogP contribution is -2.51. The zero-order valence-corrected chi connectivity index (χ0v) is 21.4. The standard InChI is InChI=1S/C27H28Cl2N2O2S/c1-2-16-30-27(33)25(17-20-8-4-3-5-9-20)31(18-21-10-6-7-11-24(21)29)26(32)19-34-23-14-12-22(28)13-15-23/h3-15,25H,2,16-19H2,1H3,(H,30,33)/t25-/m0/s1. The topological polar surface area (TPSA) is 49.4 Å². The number of carbonyl (C=O) groups excluding carboxylic acids is 2. The number of benzene rings is 3. The molecule has 0 aromatic heterocycles. The summed E-state index contributed by atoms with van der Waals surface area (Å²) in [6, 6.07) is 23.9. The zero-order chi connectivity index (χ0) is 24.3. The van der Waals surface area contributed by atoms with Gasteiger partial charge in [0, 0.05) is 34.5 Å². The molecule has 0 aliphatic heterocycles. The lowest BCUT2D eigenvalue weighted by molar-refractivity contribution is -0.139. The van der Waals surface area contributed by atoms with Crippen LogP contribution in [-0.4, -0.2) is 35.1 Å². The first-order valence-corrected chi connectivity index (χ1v) is 12.9. The molecule has 7 heteroatoms. The highest BCUT2D eigenvalue weighted by molar-refractivity contribution is 8.00. The normalized spacial score (nSPS) is 11.6. The highest BCUT2D eigenvalue weighted by atomic mass is 35.5. The number of nitrogens with zero attached hydrogens (tertiary/aromatic N) is 1. The number of halogens is 2. The SMILES string of the molecule is CCCNC(=O)[C@H](Cc1ccccc1)N(Cc1ccccc1Cl)C(=O)CSc1ccc(Cl)cc1. The number of hydrogen-bond donors (Lipinski definition) is 1. The first-order valence-electron chi connectivity index (χ1n) is 11.2. The van der Waals surface area contributed by atoms with Gasteiger partial charge in [-0.05, 0) is 47.9 Å². The van der Waals surface area contributed by atoms with E-state index in [2.05, 4.69) is 5.32 Å². The minimum absolute atomic E-state index is 0.132. The Hall–Kier alpha value is -2.47.